The third-order valence-electron chi connectivity index (χ3n) is 6.63. The highest BCUT2D eigenvalue weighted by Crippen LogP contribution is 2.32. The number of carboxylic acids is 1. The first-order valence-electron chi connectivity index (χ1n) is 13.4. The number of halogens is 4. The lowest BCUT2D eigenvalue weighted by Gasteiger charge is -2.24. The molecule has 0 saturated carbocycles. The Bertz CT molecular complexity index is 1150. The van der Waals surface area contributed by atoms with Gasteiger partial charge in [-0.3, -0.25) is 9.78 Å². The van der Waals surface area contributed by atoms with Gasteiger partial charge in [0.25, 0.3) is 5.91 Å². The molecule has 1 aliphatic rings. The van der Waals surface area contributed by atoms with Gasteiger partial charge in [0, 0.05) is 38.1 Å². The van der Waals surface area contributed by atoms with E-state index in [4.69, 9.17) is 9.72 Å². The van der Waals surface area contributed by atoms with Crippen LogP contribution in [0, 0.1) is 5.82 Å². The van der Waals surface area contributed by atoms with E-state index in [1.165, 1.54) is 5.56 Å². The Kier molecular flexibility index (Phi) is 11.6. The Morgan fingerprint density at radius 2 is 2.00 bits per heavy atom. The molecule has 3 N–H and O–H groups in total. The van der Waals surface area contributed by atoms with Crippen molar-refractivity contribution in [3.05, 3.63) is 52.7 Å². The smallest absolute Gasteiger partial charge is 0.418 e. The summed E-state index contributed by atoms with van der Waals surface area (Å²) in [6, 6.07) is 2.62. The van der Waals surface area contributed by atoms with Crippen molar-refractivity contribution in [3.8, 4) is 0 Å². The van der Waals surface area contributed by atoms with Gasteiger partial charge in [0.15, 0.2) is 5.82 Å². The highest BCUT2D eigenvalue weighted by molar-refractivity contribution is 5.98. The van der Waals surface area contributed by atoms with Crippen LogP contribution in [-0.4, -0.2) is 77.3 Å². The minimum atomic E-state index is -5.04. The molecule has 0 radical (unpaired) electrons. The predicted octanol–water partition coefficient (Wildman–Crippen LogP) is 3.93. The molecular formula is C27H35F4N5O4. The van der Waals surface area contributed by atoms with Crippen molar-refractivity contribution in [2.45, 2.75) is 57.7 Å². The van der Waals surface area contributed by atoms with Gasteiger partial charge in [0.05, 0.1) is 23.9 Å². The normalized spacial score (nSPS) is 13.9. The minimum Gasteiger partial charge on any atom is -0.480 e. The van der Waals surface area contributed by atoms with Crippen molar-refractivity contribution in [1.82, 2.24) is 20.2 Å². The van der Waals surface area contributed by atoms with Gasteiger partial charge in [-0.1, -0.05) is 6.07 Å². The van der Waals surface area contributed by atoms with E-state index >= 15 is 0 Å². The fourth-order valence-corrected chi connectivity index (χ4v) is 4.50. The molecule has 0 aromatic carbocycles. The number of hydrogen-bond donors (Lipinski definition) is 3. The fraction of sp³-hybridized carbons (Fsp3) is 0.556. The van der Waals surface area contributed by atoms with E-state index in [0.29, 0.717) is 38.7 Å². The fourth-order valence-electron chi connectivity index (χ4n) is 4.50. The molecule has 0 saturated heterocycles. The number of carboxylic acid groups (broad SMARTS) is 1. The Hall–Kier alpha value is -3.32. The minimum absolute atomic E-state index is 0.0979. The van der Waals surface area contributed by atoms with E-state index < -0.39 is 41.0 Å². The average Bonchev–Trinajstić information content (AvgIpc) is 2.91. The number of hydrogen-bond acceptors (Lipinski definition) is 7. The van der Waals surface area contributed by atoms with Gasteiger partial charge < -0.3 is 25.4 Å². The summed E-state index contributed by atoms with van der Waals surface area (Å²) in [5, 5.41) is 15.0. The van der Waals surface area contributed by atoms with Crippen LogP contribution in [0.5, 0.6) is 0 Å². The number of ether oxygens (including phenoxy) is 1. The van der Waals surface area contributed by atoms with E-state index in [1.807, 2.05) is 23.2 Å². The van der Waals surface area contributed by atoms with Crippen LogP contribution in [0.15, 0.2) is 24.5 Å². The van der Waals surface area contributed by atoms with Crippen LogP contribution in [0.1, 0.15) is 59.8 Å². The first kappa shape index (κ1) is 31.2. The third-order valence-corrected chi connectivity index (χ3v) is 6.63. The van der Waals surface area contributed by atoms with E-state index in [-0.39, 0.29) is 13.0 Å². The molecule has 0 fully saturated rings. The summed E-state index contributed by atoms with van der Waals surface area (Å²) >= 11 is 0. The highest BCUT2D eigenvalue weighted by atomic mass is 19.4. The van der Waals surface area contributed by atoms with Crippen molar-refractivity contribution in [2.75, 3.05) is 44.7 Å². The topological polar surface area (TPSA) is 117 Å². The first-order chi connectivity index (χ1) is 19.1. The van der Waals surface area contributed by atoms with E-state index in [0.717, 1.165) is 50.2 Å². The summed E-state index contributed by atoms with van der Waals surface area (Å²) in [7, 11) is 0. The van der Waals surface area contributed by atoms with E-state index in [1.54, 1.807) is 0 Å². The number of unbranched alkanes of at least 4 members (excludes halogenated alkanes) is 1. The molecule has 9 nitrogen and oxygen atoms in total. The maximum atomic E-state index is 14.1. The van der Waals surface area contributed by atoms with Crippen molar-refractivity contribution in [1.29, 1.82) is 0 Å². The van der Waals surface area contributed by atoms with Crippen LogP contribution >= 0.6 is 0 Å². The number of pyridine rings is 2. The Morgan fingerprint density at radius 1 is 1.20 bits per heavy atom. The molecule has 220 valence electrons. The zero-order chi connectivity index (χ0) is 29.1. The van der Waals surface area contributed by atoms with Crippen LogP contribution in [-0.2, 0) is 28.5 Å². The van der Waals surface area contributed by atoms with Gasteiger partial charge in [-0.15, -0.1) is 0 Å². The lowest BCUT2D eigenvalue weighted by Crippen LogP contribution is -2.44. The Balaban J connectivity index is 1.57. The summed E-state index contributed by atoms with van der Waals surface area (Å²) in [5.74, 6) is -3.45. The predicted molar refractivity (Wildman–Crippen MR) is 140 cm³/mol. The second-order valence-electron chi connectivity index (χ2n) is 9.53. The van der Waals surface area contributed by atoms with Crippen LogP contribution in [0.3, 0.4) is 0 Å². The summed E-state index contributed by atoms with van der Waals surface area (Å²) in [6.45, 7) is 5.05. The number of carbonyl (C=O) groups excluding carboxylic acids is 1. The molecule has 13 heteroatoms. The summed E-state index contributed by atoms with van der Waals surface area (Å²) < 4.78 is 59.4. The number of aryl methyl sites for hydroxylation is 2. The first-order valence-corrected chi connectivity index (χ1v) is 13.4. The molecule has 1 atom stereocenters. The molecule has 3 rings (SSSR count). The molecule has 1 aliphatic heterocycles. The second kappa shape index (κ2) is 14.9. The summed E-state index contributed by atoms with van der Waals surface area (Å²) in [6.07, 6.45) is 0.195. The van der Waals surface area contributed by atoms with Gasteiger partial charge in [0.1, 0.15) is 11.9 Å². The number of fused-ring (bicyclic) bond motifs is 1. The van der Waals surface area contributed by atoms with Gasteiger partial charge in [-0.25, -0.2) is 14.2 Å². The van der Waals surface area contributed by atoms with Crippen LogP contribution in [0.25, 0.3) is 0 Å². The van der Waals surface area contributed by atoms with Crippen LogP contribution < -0.4 is 10.6 Å². The molecule has 1 amide bonds. The number of amides is 1. The maximum Gasteiger partial charge on any atom is 0.418 e. The largest absolute Gasteiger partial charge is 0.480 e. The molecule has 2 aromatic heterocycles. The van der Waals surface area contributed by atoms with Gasteiger partial charge in [0.2, 0.25) is 0 Å². The quantitative estimate of drug-likeness (QED) is 0.218. The molecule has 0 aliphatic carbocycles. The van der Waals surface area contributed by atoms with Crippen LogP contribution in [0.4, 0.5) is 23.4 Å². The Labute approximate surface area is 230 Å². The number of nitrogens with zero attached hydrogens (tertiary/aromatic N) is 3. The molecule has 2 aromatic rings. The number of alkyl halides is 3. The number of carbonyl (C=O) groups is 2. The van der Waals surface area contributed by atoms with Gasteiger partial charge in [-0.05, 0) is 63.6 Å². The van der Waals surface area contributed by atoms with Gasteiger partial charge in [-0.2, -0.15) is 13.2 Å². The molecule has 40 heavy (non-hydrogen) atoms. The van der Waals surface area contributed by atoms with Crippen LogP contribution in [0.2, 0.25) is 0 Å². The second-order valence-corrected chi connectivity index (χ2v) is 9.53. The number of anilines is 1. The number of aromatic nitrogens is 2. The van der Waals surface area contributed by atoms with E-state index in [9.17, 15) is 32.3 Å². The SMILES string of the molecule is CCOCCN(CCCCc1ccc2c(n1)NCCC2)CCC(NC(=O)c1c(F)cncc1C(F)(F)F)C(=O)O. The molecule has 3 heterocycles. The number of nitrogens with one attached hydrogen (secondary N) is 2. The molecule has 0 bridgehead atoms. The molecular weight excluding hydrogens is 534 g/mol. The monoisotopic (exact) mass is 569 g/mol. The zero-order valence-electron chi connectivity index (χ0n) is 22.4. The number of aliphatic carboxylic acids is 1. The molecule has 0 spiro atoms. The maximum absolute atomic E-state index is 14.1. The third kappa shape index (κ3) is 9.12. The number of rotatable bonds is 15. The van der Waals surface area contributed by atoms with Gasteiger partial charge >= 0.3 is 12.1 Å². The summed E-state index contributed by atoms with van der Waals surface area (Å²) in [4.78, 5) is 34.2. The highest BCUT2D eigenvalue weighted by Gasteiger charge is 2.38. The van der Waals surface area contributed by atoms with E-state index in [2.05, 4.69) is 16.4 Å². The standard InChI is InChI=1S/C27H35F4N5O4/c1-2-40-15-14-36(12-4-3-7-19-9-8-18-6-5-11-33-24(18)34-19)13-10-22(26(38)39)35-25(37)23-20(27(29,30)31)16-32-17-21(23)28/h8-9,16-17,22H,2-7,10-15H2,1H3,(H,33,34)(H,35,37)(H,38,39). The van der Waals surface area contributed by atoms with Crippen molar-refractivity contribution >= 4 is 17.7 Å². The molecule has 1 unspecified atom stereocenters. The zero-order valence-corrected chi connectivity index (χ0v) is 22.4. The van der Waals surface area contributed by atoms with Crippen molar-refractivity contribution in [2.24, 2.45) is 0 Å². The lowest BCUT2D eigenvalue weighted by molar-refractivity contribution is -0.139. The van der Waals surface area contributed by atoms with Crippen molar-refractivity contribution < 1.29 is 37.0 Å². The lowest BCUT2D eigenvalue weighted by atomic mass is 10.1. The summed E-state index contributed by atoms with van der Waals surface area (Å²) in [5.41, 5.74) is -0.646. The van der Waals surface area contributed by atoms with Crippen molar-refractivity contribution in [3.63, 3.8) is 0 Å². The Morgan fingerprint density at radius 3 is 2.73 bits per heavy atom. The average molecular weight is 570 g/mol.